The molecule has 0 bridgehead atoms. The number of fused-ring (bicyclic) bond motifs is 1. The summed E-state index contributed by atoms with van der Waals surface area (Å²) in [7, 11) is -3.72. The van der Waals surface area contributed by atoms with Gasteiger partial charge >= 0.3 is 0 Å². The van der Waals surface area contributed by atoms with Crippen LogP contribution in [-0.4, -0.2) is 17.2 Å². The molecule has 7 nitrogen and oxygen atoms in total. The molecule has 1 aromatic carbocycles. The lowest BCUT2D eigenvalue weighted by molar-refractivity contribution is 0.508. The lowest BCUT2D eigenvalue weighted by atomic mass is 10.3. The highest BCUT2D eigenvalue weighted by Crippen LogP contribution is 2.24. The second-order valence-electron chi connectivity index (χ2n) is 4.99. The third kappa shape index (κ3) is 2.73. The van der Waals surface area contributed by atoms with E-state index in [9.17, 15) is 8.42 Å². The normalized spacial score (nSPS) is 12.0. The lowest BCUT2D eigenvalue weighted by Gasteiger charge is -2.05. The van der Waals surface area contributed by atoms with Crippen LogP contribution in [0.4, 0.5) is 0 Å². The molecule has 4 rings (SSSR count). The van der Waals surface area contributed by atoms with Crippen LogP contribution >= 0.6 is 11.7 Å². The van der Waals surface area contributed by atoms with E-state index in [0.29, 0.717) is 22.6 Å². The molecule has 4 aromatic rings. The summed E-state index contributed by atoms with van der Waals surface area (Å²) in [6.45, 7) is 0.0359. The molecule has 0 atom stereocenters. The van der Waals surface area contributed by atoms with Crippen LogP contribution in [0.2, 0.25) is 0 Å². The molecule has 9 heteroatoms. The van der Waals surface area contributed by atoms with Gasteiger partial charge in [0.15, 0.2) is 0 Å². The van der Waals surface area contributed by atoms with Gasteiger partial charge in [0.05, 0.1) is 30.1 Å². The Labute approximate surface area is 141 Å². The Bertz CT molecular complexity index is 1080. The molecular weight excluding hydrogens is 350 g/mol. The number of hydrogen-bond donors (Lipinski definition) is 1. The zero-order valence-electron chi connectivity index (χ0n) is 12.2. The SMILES string of the molecule is O=S(=O)(NCc1ccc(-c2ccoc2)o1)c1cccc2nsnc12. The van der Waals surface area contributed by atoms with Gasteiger partial charge in [-0.1, -0.05) is 6.07 Å². The minimum Gasteiger partial charge on any atom is -0.472 e. The van der Waals surface area contributed by atoms with Crippen LogP contribution in [0.15, 0.2) is 62.7 Å². The topological polar surface area (TPSA) is 98.2 Å². The van der Waals surface area contributed by atoms with Crippen molar-refractivity contribution in [1.29, 1.82) is 0 Å². The zero-order chi connectivity index (χ0) is 16.6. The van der Waals surface area contributed by atoms with Crippen molar-refractivity contribution in [2.24, 2.45) is 0 Å². The number of nitrogens with zero attached hydrogens (tertiary/aromatic N) is 2. The largest absolute Gasteiger partial charge is 0.472 e. The van der Waals surface area contributed by atoms with Crippen LogP contribution in [0.25, 0.3) is 22.4 Å². The van der Waals surface area contributed by atoms with Crippen molar-refractivity contribution in [2.75, 3.05) is 0 Å². The Kier molecular flexibility index (Phi) is 3.68. The molecule has 0 radical (unpaired) electrons. The number of rotatable bonds is 5. The standard InChI is InChI=1S/C15H11N3O4S2/c19-24(20,14-3-1-2-12-15(14)18-23-17-12)16-8-11-4-5-13(22-11)10-6-7-21-9-10/h1-7,9,16H,8H2. The van der Waals surface area contributed by atoms with Crippen LogP contribution < -0.4 is 4.72 Å². The van der Waals surface area contributed by atoms with E-state index in [1.165, 1.54) is 6.07 Å². The summed E-state index contributed by atoms with van der Waals surface area (Å²) in [5.41, 5.74) is 1.72. The Hall–Kier alpha value is -2.49. The second-order valence-corrected chi connectivity index (χ2v) is 7.25. The molecule has 0 aliphatic carbocycles. The first-order valence-corrected chi connectivity index (χ1v) is 9.17. The summed E-state index contributed by atoms with van der Waals surface area (Å²) >= 11 is 0.980. The summed E-state index contributed by atoms with van der Waals surface area (Å²) < 4.78 is 46.3. The Balaban J connectivity index is 1.56. The summed E-state index contributed by atoms with van der Waals surface area (Å²) in [6.07, 6.45) is 3.10. The second kappa shape index (κ2) is 5.86. The predicted octanol–water partition coefficient (Wildman–Crippen LogP) is 3.02. The van der Waals surface area contributed by atoms with Gasteiger partial charge in [-0.3, -0.25) is 0 Å². The monoisotopic (exact) mass is 361 g/mol. The molecule has 0 fully saturated rings. The van der Waals surface area contributed by atoms with E-state index in [4.69, 9.17) is 8.83 Å². The van der Waals surface area contributed by atoms with Gasteiger partial charge in [-0.15, -0.1) is 0 Å². The Morgan fingerprint density at radius 1 is 1.12 bits per heavy atom. The maximum atomic E-state index is 12.5. The first-order valence-electron chi connectivity index (χ1n) is 6.96. The fraction of sp³-hybridized carbons (Fsp3) is 0.0667. The van der Waals surface area contributed by atoms with Gasteiger partial charge in [-0.2, -0.15) is 8.75 Å². The first kappa shape index (κ1) is 15.1. The van der Waals surface area contributed by atoms with E-state index in [2.05, 4.69) is 13.5 Å². The highest BCUT2D eigenvalue weighted by atomic mass is 32.2. The van der Waals surface area contributed by atoms with Crippen molar-refractivity contribution >= 4 is 32.8 Å². The van der Waals surface area contributed by atoms with Crippen molar-refractivity contribution in [3.05, 3.63) is 54.7 Å². The van der Waals surface area contributed by atoms with Crippen LogP contribution in [0.3, 0.4) is 0 Å². The Morgan fingerprint density at radius 3 is 2.88 bits per heavy atom. The molecule has 0 aliphatic rings. The summed E-state index contributed by atoms with van der Waals surface area (Å²) in [4.78, 5) is 0.107. The third-order valence-electron chi connectivity index (χ3n) is 3.44. The van der Waals surface area contributed by atoms with Crippen LogP contribution in [-0.2, 0) is 16.6 Å². The van der Waals surface area contributed by atoms with E-state index in [0.717, 1.165) is 17.3 Å². The van der Waals surface area contributed by atoms with E-state index in [1.54, 1.807) is 42.9 Å². The molecule has 0 saturated carbocycles. The van der Waals surface area contributed by atoms with Gasteiger partial charge in [0.2, 0.25) is 10.0 Å². The summed E-state index contributed by atoms with van der Waals surface area (Å²) in [6, 6.07) is 10.1. The molecule has 3 aromatic heterocycles. The van der Waals surface area contributed by atoms with Crippen molar-refractivity contribution < 1.29 is 17.3 Å². The number of aromatic nitrogens is 2. The quantitative estimate of drug-likeness (QED) is 0.587. The minimum atomic E-state index is -3.72. The van der Waals surface area contributed by atoms with E-state index >= 15 is 0 Å². The van der Waals surface area contributed by atoms with Crippen molar-refractivity contribution in [1.82, 2.24) is 13.5 Å². The highest BCUT2D eigenvalue weighted by Gasteiger charge is 2.20. The molecular formula is C15H11N3O4S2. The van der Waals surface area contributed by atoms with Crippen LogP contribution in [0.1, 0.15) is 5.76 Å². The van der Waals surface area contributed by atoms with Gasteiger partial charge in [0.1, 0.15) is 33.7 Å². The van der Waals surface area contributed by atoms with Crippen molar-refractivity contribution in [3.63, 3.8) is 0 Å². The minimum absolute atomic E-state index is 0.0359. The number of sulfonamides is 1. The fourth-order valence-electron chi connectivity index (χ4n) is 2.27. The van der Waals surface area contributed by atoms with E-state index in [-0.39, 0.29) is 11.4 Å². The lowest BCUT2D eigenvalue weighted by Crippen LogP contribution is -2.23. The van der Waals surface area contributed by atoms with E-state index < -0.39 is 10.0 Å². The zero-order valence-corrected chi connectivity index (χ0v) is 13.8. The molecule has 0 amide bonds. The predicted molar refractivity (Wildman–Crippen MR) is 87.9 cm³/mol. The van der Waals surface area contributed by atoms with Gasteiger partial charge in [-0.05, 0) is 30.3 Å². The van der Waals surface area contributed by atoms with Gasteiger partial charge in [0, 0.05) is 0 Å². The van der Waals surface area contributed by atoms with Gasteiger partial charge in [0.25, 0.3) is 0 Å². The number of nitrogens with one attached hydrogen (secondary N) is 1. The van der Waals surface area contributed by atoms with Crippen LogP contribution in [0.5, 0.6) is 0 Å². The number of benzene rings is 1. The molecule has 0 unspecified atom stereocenters. The molecule has 0 saturated heterocycles. The molecule has 0 spiro atoms. The smallest absolute Gasteiger partial charge is 0.243 e. The molecule has 3 heterocycles. The molecule has 24 heavy (non-hydrogen) atoms. The summed E-state index contributed by atoms with van der Waals surface area (Å²) in [5.74, 6) is 1.11. The third-order valence-corrected chi connectivity index (χ3v) is 5.42. The van der Waals surface area contributed by atoms with E-state index in [1.807, 2.05) is 0 Å². The van der Waals surface area contributed by atoms with Crippen molar-refractivity contribution in [3.8, 4) is 11.3 Å². The average Bonchev–Trinajstić information content (AvgIpc) is 3.32. The van der Waals surface area contributed by atoms with Gasteiger partial charge in [-0.25, -0.2) is 13.1 Å². The highest BCUT2D eigenvalue weighted by molar-refractivity contribution is 7.89. The molecule has 0 aliphatic heterocycles. The van der Waals surface area contributed by atoms with Crippen LogP contribution in [0, 0.1) is 0 Å². The van der Waals surface area contributed by atoms with Gasteiger partial charge < -0.3 is 8.83 Å². The fourth-order valence-corrected chi connectivity index (χ4v) is 4.03. The average molecular weight is 361 g/mol. The van der Waals surface area contributed by atoms with Crippen molar-refractivity contribution in [2.45, 2.75) is 11.4 Å². The first-order chi connectivity index (χ1) is 11.6. The number of hydrogen-bond acceptors (Lipinski definition) is 7. The maximum Gasteiger partial charge on any atom is 0.243 e. The molecule has 122 valence electrons. The maximum absolute atomic E-state index is 12.5. The Morgan fingerprint density at radius 2 is 2.04 bits per heavy atom. The number of furan rings is 2. The summed E-state index contributed by atoms with van der Waals surface area (Å²) in [5, 5.41) is 0. The molecule has 1 N–H and O–H groups in total.